The van der Waals surface area contributed by atoms with Crippen LogP contribution in [0.2, 0.25) is 0 Å². The molecule has 0 saturated carbocycles. The molecule has 1 N–H and O–H groups in total. The molecule has 0 aromatic carbocycles. The largest absolute Gasteiger partial charge is 0.479 e. The molecule has 0 aliphatic heterocycles. The first-order chi connectivity index (χ1) is 4.33. The van der Waals surface area contributed by atoms with Gasteiger partial charge in [-0.1, -0.05) is 0 Å². The average Bonchev–Trinajstić information content (AvgIpc) is 1.60. The lowest BCUT2D eigenvalue weighted by molar-refractivity contribution is -0.147. The number of hydrogen-bond donors (Lipinski definition) is 1. The van der Waals surface area contributed by atoms with E-state index in [4.69, 9.17) is 9.22 Å². The quantitative estimate of drug-likeness (QED) is 0.544. The summed E-state index contributed by atoms with van der Waals surface area (Å²) in [6.07, 6.45) is -1.28. The Morgan fingerprint density at radius 2 is 2.71 bits per heavy atom. The minimum atomic E-state index is -2.63. The molecule has 3 heteroatoms. The highest BCUT2D eigenvalue weighted by molar-refractivity contribution is 5.71. The molecule has 0 bridgehead atoms. The molecule has 0 aromatic rings. The standard InChI is InChI=1S/C4H8O3/c1-3(7-2)4(5)6/h3H,1-2H3,(H,5,6)/t3-/m1/s1/i2D3. The van der Waals surface area contributed by atoms with Crippen molar-refractivity contribution in [2.75, 3.05) is 7.04 Å². The maximum atomic E-state index is 10.0. The molecule has 0 unspecified atom stereocenters. The second kappa shape index (κ2) is 2.58. The molecule has 3 nitrogen and oxygen atoms in total. The fourth-order valence-electron chi connectivity index (χ4n) is 0.0504. The summed E-state index contributed by atoms with van der Waals surface area (Å²) in [6.45, 7) is 1.16. The van der Waals surface area contributed by atoms with Gasteiger partial charge in [0.15, 0.2) is 6.10 Å². The zero-order valence-electron chi connectivity index (χ0n) is 6.84. The fourth-order valence-corrected chi connectivity index (χ4v) is 0.0504. The molecule has 1 atom stereocenters. The molecular formula is C4H8O3. The Balaban J connectivity index is 3.80. The highest BCUT2D eigenvalue weighted by atomic mass is 16.5. The Hall–Kier alpha value is -0.570. The molecule has 0 aliphatic rings. The molecule has 0 spiro atoms. The lowest BCUT2D eigenvalue weighted by Gasteiger charge is -1.98. The first kappa shape index (κ1) is 2.67. The van der Waals surface area contributed by atoms with Crippen LogP contribution in [0.3, 0.4) is 0 Å². The monoisotopic (exact) mass is 107 g/mol. The summed E-state index contributed by atoms with van der Waals surface area (Å²) in [4.78, 5) is 10.0. The van der Waals surface area contributed by atoms with Gasteiger partial charge in [0.05, 0.1) is 4.11 Å². The van der Waals surface area contributed by atoms with E-state index in [1.54, 1.807) is 0 Å². The first-order valence-electron chi connectivity index (χ1n) is 3.23. The van der Waals surface area contributed by atoms with Crippen molar-refractivity contribution < 1.29 is 18.8 Å². The highest BCUT2D eigenvalue weighted by Gasteiger charge is 2.06. The van der Waals surface area contributed by atoms with Gasteiger partial charge in [0.25, 0.3) is 0 Å². The fraction of sp³-hybridized carbons (Fsp3) is 0.750. The third-order valence-corrected chi connectivity index (χ3v) is 0.525. The van der Waals surface area contributed by atoms with Gasteiger partial charge < -0.3 is 9.84 Å². The van der Waals surface area contributed by atoms with Crippen LogP contribution >= 0.6 is 0 Å². The van der Waals surface area contributed by atoms with E-state index in [9.17, 15) is 4.79 Å². The average molecular weight is 107 g/mol. The van der Waals surface area contributed by atoms with Crippen LogP contribution < -0.4 is 0 Å². The molecule has 0 radical (unpaired) electrons. The van der Waals surface area contributed by atoms with Gasteiger partial charge in [0, 0.05) is 7.04 Å². The molecular weight excluding hydrogens is 96.0 g/mol. The topological polar surface area (TPSA) is 46.5 Å². The summed E-state index contributed by atoms with van der Waals surface area (Å²) in [6, 6.07) is 0. The van der Waals surface area contributed by atoms with Gasteiger partial charge in [-0.15, -0.1) is 0 Å². The lowest BCUT2D eigenvalue weighted by Crippen LogP contribution is -2.17. The number of carboxylic acids is 1. The van der Waals surface area contributed by atoms with Gasteiger partial charge in [-0.05, 0) is 6.92 Å². The maximum absolute atomic E-state index is 10.0. The van der Waals surface area contributed by atoms with Crippen molar-refractivity contribution in [3.8, 4) is 0 Å². The molecule has 7 heavy (non-hydrogen) atoms. The van der Waals surface area contributed by atoms with E-state index in [0.29, 0.717) is 0 Å². The summed E-state index contributed by atoms with van der Waals surface area (Å²) in [5, 5.41) is 8.17. The van der Waals surface area contributed by atoms with Gasteiger partial charge in [-0.2, -0.15) is 0 Å². The number of ether oxygens (including phenoxy) is 1. The second-order valence-corrected chi connectivity index (χ2v) is 1.10. The summed E-state index contributed by atoms with van der Waals surface area (Å²) < 4.78 is 23.6. The van der Waals surface area contributed by atoms with Gasteiger partial charge in [0.1, 0.15) is 0 Å². The second-order valence-electron chi connectivity index (χ2n) is 1.10. The Labute approximate surface area is 46.1 Å². The van der Waals surface area contributed by atoms with E-state index < -0.39 is 19.1 Å². The smallest absolute Gasteiger partial charge is 0.332 e. The lowest BCUT2D eigenvalue weighted by atomic mass is 10.4. The van der Waals surface area contributed by atoms with Crippen LogP contribution in [-0.4, -0.2) is 24.2 Å². The normalized spacial score (nSPS) is 21.6. The van der Waals surface area contributed by atoms with E-state index in [-0.39, 0.29) is 0 Å². The zero-order valence-corrected chi connectivity index (χ0v) is 3.84. The van der Waals surface area contributed by atoms with Crippen LogP contribution in [0.25, 0.3) is 0 Å². The Morgan fingerprint density at radius 3 is 2.86 bits per heavy atom. The van der Waals surface area contributed by atoms with E-state index in [1.807, 2.05) is 0 Å². The molecule has 0 heterocycles. The van der Waals surface area contributed by atoms with Gasteiger partial charge in [0.2, 0.25) is 0 Å². The van der Waals surface area contributed by atoms with Crippen LogP contribution in [0, 0.1) is 0 Å². The van der Waals surface area contributed by atoms with Crippen molar-refractivity contribution in [1.82, 2.24) is 0 Å². The highest BCUT2D eigenvalue weighted by Crippen LogP contribution is 1.83. The van der Waals surface area contributed by atoms with Crippen LogP contribution in [0.1, 0.15) is 11.0 Å². The Bertz CT molecular complexity index is 130. The Morgan fingerprint density at radius 1 is 2.14 bits per heavy atom. The number of aliphatic carboxylic acids is 1. The first-order valence-corrected chi connectivity index (χ1v) is 1.73. The summed E-state index contributed by atoms with van der Waals surface area (Å²) in [5.74, 6) is -1.28. The number of hydrogen-bond acceptors (Lipinski definition) is 2. The number of carbonyl (C=O) groups is 1. The number of rotatable bonds is 2. The van der Waals surface area contributed by atoms with Gasteiger partial charge in [-0.25, -0.2) is 4.79 Å². The van der Waals surface area contributed by atoms with Crippen molar-refractivity contribution in [3.63, 3.8) is 0 Å². The van der Waals surface area contributed by atoms with Gasteiger partial charge >= 0.3 is 5.97 Å². The molecule has 0 fully saturated rings. The van der Waals surface area contributed by atoms with Crippen LogP contribution in [0.5, 0.6) is 0 Å². The van der Waals surface area contributed by atoms with Crippen LogP contribution in [0.15, 0.2) is 0 Å². The molecule has 0 saturated heterocycles. The third kappa shape index (κ3) is 2.17. The van der Waals surface area contributed by atoms with E-state index >= 15 is 0 Å². The van der Waals surface area contributed by atoms with E-state index in [2.05, 4.69) is 4.74 Å². The van der Waals surface area contributed by atoms with E-state index in [0.717, 1.165) is 6.92 Å². The minimum Gasteiger partial charge on any atom is -0.479 e. The molecule has 0 rings (SSSR count). The van der Waals surface area contributed by atoms with E-state index in [1.165, 1.54) is 0 Å². The van der Waals surface area contributed by atoms with Crippen molar-refractivity contribution in [2.45, 2.75) is 13.0 Å². The van der Waals surface area contributed by atoms with Crippen LogP contribution in [0.4, 0.5) is 0 Å². The summed E-state index contributed by atoms with van der Waals surface area (Å²) in [5.41, 5.74) is 0. The van der Waals surface area contributed by atoms with Crippen molar-refractivity contribution in [3.05, 3.63) is 0 Å². The molecule has 0 aromatic heterocycles. The van der Waals surface area contributed by atoms with Crippen LogP contribution in [-0.2, 0) is 9.53 Å². The van der Waals surface area contributed by atoms with Gasteiger partial charge in [-0.3, -0.25) is 0 Å². The predicted molar refractivity (Wildman–Crippen MR) is 24.1 cm³/mol. The Kier molecular flexibility index (Phi) is 0.982. The van der Waals surface area contributed by atoms with Crippen molar-refractivity contribution in [1.29, 1.82) is 0 Å². The summed E-state index contributed by atoms with van der Waals surface area (Å²) in [7, 11) is -2.63. The predicted octanol–water partition coefficient (Wildman–Crippen LogP) is 0.106. The molecule has 42 valence electrons. The number of methoxy groups -OCH3 is 1. The maximum Gasteiger partial charge on any atom is 0.332 e. The zero-order chi connectivity index (χ0) is 8.36. The SMILES string of the molecule is [2H]C([2H])([2H])O[C@H](C)C(=O)O. The molecule has 0 amide bonds. The van der Waals surface area contributed by atoms with Crippen molar-refractivity contribution in [2.24, 2.45) is 0 Å². The number of carboxylic acid groups (broad SMARTS) is 1. The molecule has 0 aliphatic carbocycles. The van der Waals surface area contributed by atoms with Crippen molar-refractivity contribution >= 4 is 5.97 Å². The summed E-state index contributed by atoms with van der Waals surface area (Å²) >= 11 is 0. The third-order valence-electron chi connectivity index (χ3n) is 0.525. The minimum absolute atomic E-state index is 1.16.